The molecule has 0 saturated heterocycles. The lowest BCUT2D eigenvalue weighted by Crippen LogP contribution is -2.16. The van der Waals surface area contributed by atoms with Gasteiger partial charge in [0.05, 0.1) is 24.3 Å². The Labute approximate surface area is 139 Å². The van der Waals surface area contributed by atoms with Gasteiger partial charge in [0.1, 0.15) is 0 Å². The molecule has 0 aromatic heterocycles. The highest BCUT2D eigenvalue weighted by atomic mass is 127. The summed E-state index contributed by atoms with van der Waals surface area (Å²) in [4.78, 5) is 24.3. The zero-order valence-corrected chi connectivity index (χ0v) is 14.6. The number of hydrogen-bond donors (Lipinski definition) is 0. The van der Waals surface area contributed by atoms with E-state index in [2.05, 4.69) is 0 Å². The third kappa shape index (κ3) is 5.65. The van der Waals surface area contributed by atoms with Crippen LogP contribution in [0.1, 0.15) is 60.2 Å². The van der Waals surface area contributed by atoms with Crippen LogP contribution in [-0.2, 0) is 9.47 Å². The normalized spacial score (nSPS) is 10.2. The summed E-state index contributed by atoms with van der Waals surface area (Å²) in [6, 6.07) is 5.12. The van der Waals surface area contributed by atoms with Crippen LogP contribution in [0.15, 0.2) is 18.2 Å². The van der Waals surface area contributed by atoms with E-state index in [0.717, 1.165) is 25.7 Å². The monoisotopic (exact) mass is 404 g/mol. The molecular formula is C16H21IO4. The van der Waals surface area contributed by atoms with Crippen molar-refractivity contribution >= 4 is 34.5 Å². The number of rotatable bonds is 8. The predicted molar refractivity (Wildman–Crippen MR) is 89.5 cm³/mol. The number of ether oxygens (including phenoxy) is 2. The lowest BCUT2D eigenvalue weighted by molar-refractivity contribution is 0.0451. The van der Waals surface area contributed by atoms with Gasteiger partial charge in [-0.2, -0.15) is 0 Å². The molecule has 0 aliphatic heterocycles. The first-order valence-electron chi connectivity index (χ1n) is 7.24. The van der Waals surface area contributed by atoms with Gasteiger partial charge in [0.2, 0.25) is 0 Å². The summed E-state index contributed by atoms with van der Waals surface area (Å²) in [6.07, 6.45) is 3.52. The Bertz CT molecular complexity index is 485. The van der Waals surface area contributed by atoms with Gasteiger partial charge >= 0.3 is 11.9 Å². The molecule has 116 valence electrons. The Hall–Kier alpha value is -1.11. The molecule has 1 aromatic carbocycles. The molecule has 0 bridgehead atoms. The molecule has 1 rings (SSSR count). The maximum absolute atomic E-state index is 12.2. The minimum atomic E-state index is -0.468. The van der Waals surface area contributed by atoms with Crippen LogP contribution in [0.25, 0.3) is 0 Å². The second kappa shape index (κ2) is 9.76. The summed E-state index contributed by atoms with van der Waals surface area (Å²) >= 11 is 2.03. The van der Waals surface area contributed by atoms with Crippen LogP contribution < -0.4 is 0 Å². The first kappa shape index (κ1) is 17.9. The maximum Gasteiger partial charge on any atom is 0.340 e. The molecule has 0 aliphatic rings. The number of unbranched alkanes of at least 4 members (excludes halogenated alkanes) is 2. The summed E-state index contributed by atoms with van der Waals surface area (Å²) in [5, 5.41) is 0. The van der Waals surface area contributed by atoms with E-state index in [1.807, 2.05) is 36.4 Å². The highest BCUT2D eigenvalue weighted by molar-refractivity contribution is 14.1. The standard InChI is InChI=1S/C16H21IO4/c1-3-5-10-20-15(18)12-8-7-9-13(17)14(12)16(19)21-11-6-4-2/h7-9H,3-6,10-11H2,1-2H3. The molecule has 0 amide bonds. The number of benzene rings is 1. The topological polar surface area (TPSA) is 52.6 Å². The van der Waals surface area contributed by atoms with E-state index in [0.29, 0.717) is 22.3 Å². The van der Waals surface area contributed by atoms with Crippen LogP contribution in [-0.4, -0.2) is 25.2 Å². The van der Waals surface area contributed by atoms with Gasteiger partial charge in [0, 0.05) is 3.57 Å². The van der Waals surface area contributed by atoms with Gasteiger partial charge in [-0.25, -0.2) is 9.59 Å². The fourth-order valence-corrected chi connectivity index (χ4v) is 2.39. The van der Waals surface area contributed by atoms with Crippen molar-refractivity contribution in [3.63, 3.8) is 0 Å². The molecule has 0 aliphatic carbocycles. The molecule has 0 spiro atoms. The fourth-order valence-electron chi connectivity index (χ4n) is 1.67. The highest BCUT2D eigenvalue weighted by Gasteiger charge is 2.22. The molecule has 0 fully saturated rings. The predicted octanol–water partition coefficient (Wildman–Crippen LogP) is 4.21. The van der Waals surface area contributed by atoms with E-state index in [9.17, 15) is 9.59 Å². The van der Waals surface area contributed by atoms with E-state index in [-0.39, 0.29) is 5.56 Å². The highest BCUT2D eigenvalue weighted by Crippen LogP contribution is 2.19. The Balaban J connectivity index is 2.86. The van der Waals surface area contributed by atoms with Gasteiger partial charge in [-0.05, 0) is 47.6 Å². The number of carbonyl (C=O) groups excluding carboxylic acids is 2. The van der Waals surface area contributed by atoms with Crippen LogP contribution in [0.3, 0.4) is 0 Å². The van der Waals surface area contributed by atoms with Gasteiger partial charge in [-0.15, -0.1) is 0 Å². The van der Waals surface area contributed by atoms with E-state index in [1.54, 1.807) is 18.2 Å². The SMILES string of the molecule is CCCCOC(=O)c1cccc(I)c1C(=O)OCCCC. The molecule has 0 atom stereocenters. The summed E-state index contributed by atoms with van der Waals surface area (Å²) in [6.45, 7) is 4.78. The van der Waals surface area contributed by atoms with Crippen LogP contribution in [0, 0.1) is 3.57 Å². The van der Waals surface area contributed by atoms with Crippen LogP contribution in [0.5, 0.6) is 0 Å². The van der Waals surface area contributed by atoms with Crippen molar-refractivity contribution < 1.29 is 19.1 Å². The zero-order chi connectivity index (χ0) is 15.7. The smallest absolute Gasteiger partial charge is 0.340 e. The van der Waals surface area contributed by atoms with Crippen molar-refractivity contribution in [2.75, 3.05) is 13.2 Å². The third-order valence-electron chi connectivity index (χ3n) is 2.90. The maximum atomic E-state index is 12.2. The number of halogens is 1. The third-order valence-corrected chi connectivity index (χ3v) is 3.80. The minimum absolute atomic E-state index is 0.277. The second-order valence-corrected chi connectivity index (χ2v) is 5.80. The van der Waals surface area contributed by atoms with Gasteiger partial charge in [-0.3, -0.25) is 0 Å². The molecule has 1 aromatic rings. The molecule has 0 heterocycles. The van der Waals surface area contributed by atoms with Crippen molar-refractivity contribution in [2.24, 2.45) is 0 Å². The van der Waals surface area contributed by atoms with Gasteiger partial charge in [-0.1, -0.05) is 32.8 Å². The lowest BCUT2D eigenvalue weighted by atomic mass is 10.1. The van der Waals surface area contributed by atoms with Gasteiger partial charge in [0.25, 0.3) is 0 Å². The van der Waals surface area contributed by atoms with E-state index in [4.69, 9.17) is 9.47 Å². The average molecular weight is 404 g/mol. The fraction of sp³-hybridized carbons (Fsp3) is 0.500. The van der Waals surface area contributed by atoms with E-state index >= 15 is 0 Å². The molecule has 0 saturated carbocycles. The number of esters is 2. The second-order valence-electron chi connectivity index (χ2n) is 4.64. The Morgan fingerprint density at radius 3 is 2.14 bits per heavy atom. The van der Waals surface area contributed by atoms with Crippen molar-refractivity contribution in [1.29, 1.82) is 0 Å². The summed E-state index contributed by atoms with van der Waals surface area (Å²) in [7, 11) is 0. The Kier molecular flexibility index (Phi) is 8.34. The van der Waals surface area contributed by atoms with Crippen molar-refractivity contribution in [3.8, 4) is 0 Å². The summed E-state index contributed by atoms with van der Waals surface area (Å²) in [5.74, 6) is -0.930. The molecule has 4 nitrogen and oxygen atoms in total. The Morgan fingerprint density at radius 2 is 1.57 bits per heavy atom. The molecule has 0 unspecified atom stereocenters. The first-order chi connectivity index (χ1) is 10.1. The van der Waals surface area contributed by atoms with Crippen LogP contribution in [0.2, 0.25) is 0 Å². The van der Waals surface area contributed by atoms with Crippen molar-refractivity contribution in [2.45, 2.75) is 39.5 Å². The van der Waals surface area contributed by atoms with E-state index < -0.39 is 11.9 Å². The van der Waals surface area contributed by atoms with Crippen molar-refractivity contribution in [1.82, 2.24) is 0 Å². The molecule has 21 heavy (non-hydrogen) atoms. The molecular weight excluding hydrogens is 383 g/mol. The quantitative estimate of drug-likeness (QED) is 0.370. The van der Waals surface area contributed by atoms with Crippen LogP contribution in [0.4, 0.5) is 0 Å². The van der Waals surface area contributed by atoms with E-state index in [1.165, 1.54) is 0 Å². The number of carbonyl (C=O) groups is 2. The van der Waals surface area contributed by atoms with Gasteiger partial charge in [0.15, 0.2) is 0 Å². The minimum Gasteiger partial charge on any atom is -0.462 e. The first-order valence-corrected chi connectivity index (χ1v) is 8.32. The van der Waals surface area contributed by atoms with Gasteiger partial charge < -0.3 is 9.47 Å². The zero-order valence-electron chi connectivity index (χ0n) is 12.5. The largest absolute Gasteiger partial charge is 0.462 e. The number of hydrogen-bond acceptors (Lipinski definition) is 4. The molecule has 5 heteroatoms. The summed E-state index contributed by atoms with van der Waals surface area (Å²) in [5.41, 5.74) is 0.579. The molecule has 0 N–H and O–H groups in total. The lowest BCUT2D eigenvalue weighted by Gasteiger charge is -2.11. The van der Waals surface area contributed by atoms with Crippen molar-refractivity contribution in [3.05, 3.63) is 32.9 Å². The van der Waals surface area contributed by atoms with Crippen LogP contribution >= 0.6 is 22.6 Å². The summed E-state index contributed by atoms with van der Waals surface area (Å²) < 4.78 is 11.1. The molecule has 0 radical (unpaired) electrons. The average Bonchev–Trinajstić information content (AvgIpc) is 2.47. The Morgan fingerprint density at radius 1 is 1.00 bits per heavy atom.